The zero-order chi connectivity index (χ0) is 14.4. The van der Waals surface area contributed by atoms with E-state index in [1.54, 1.807) is 7.11 Å². The minimum atomic E-state index is -0.647. The number of carbonyl (C=O) groups is 1. The van der Waals surface area contributed by atoms with Gasteiger partial charge in [-0.15, -0.1) is 0 Å². The number of hydrogen-bond donors (Lipinski definition) is 1. The summed E-state index contributed by atoms with van der Waals surface area (Å²) in [6, 6.07) is 11.7. The van der Waals surface area contributed by atoms with Gasteiger partial charge in [0.05, 0.1) is 11.7 Å². The van der Waals surface area contributed by atoms with E-state index in [9.17, 15) is 10.1 Å². The predicted octanol–water partition coefficient (Wildman–Crippen LogP) is 2.05. The van der Waals surface area contributed by atoms with E-state index in [2.05, 4.69) is 11.4 Å². The van der Waals surface area contributed by atoms with E-state index in [-0.39, 0.29) is 11.5 Å². The van der Waals surface area contributed by atoms with Gasteiger partial charge in [0.25, 0.3) is 0 Å². The van der Waals surface area contributed by atoms with Crippen LogP contribution >= 0.6 is 0 Å². The van der Waals surface area contributed by atoms with Gasteiger partial charge in [-0.2, -0.15) is 5.26 Å². The van der Waals surface area contributed by atoms with Gasteiger partial charge >= 0.3 is 0 Å². The quantitative estimate of drug-likeness (QED) is 0.862. The highest BCUT2D eigenvalue weighted by Gasteiger charge is 2.37. The maximum Gasteiger partial charge on any atom is 0.237 e. The van der Waals surface area contributed by atoms with Gasteiger partial charge in [-0.05, 0) is 31.2 Å². The maximum absolute atomic E-state index is 12.1. The van der Waals surface area contributed by atoms with Crippen molar-refractivity contribution in [3.8, 4) is 6.07 Å². The number of benzene rings is 1. The van der Waals surface area contributed by atoms with Crippen molar-refractivity contribution in [2.75, 3.05) is 13.7 Å². The molecule has 2 rings (SSSR count). The number of ether oxygens (including phenoxy) is 1. The predicted molar refractivity (Wildman–Crippen MR) is 75.8 cm³/mol. The second-order valence-corrected chi connectivity index (χ2v) is 5.33. The van der Waals surface area contributed by atoms with Gasteiger partial charge in [-0.3, -0.25) is 4.79 Å². The Bertz CT molecular complexity index is 483. The maximum atomic E-state index is 12.1. The lowest BCUT2D eigenvalue weighted by molar-refractivity contribution is -0.127. The highest BCUT2D eigenvalue weighted by Crippen LogP contribution is 2.34. The van der Waals surface area contributed by atoms with Crippen molar-refractivity contribution in [3.63, 3.8) is 0 Å². The normalized spacial score (nSPS) is 17.6. The van der Waals surface area contributed by atoms with E-state index >= 15 is 0 Å². The first-order valence-corrected chi connectivity index (χ1v) is 6.95. The average Bonchev–Trinajstić information content (AvgIpc) is 2.45. The van der Waals surface area contributed by atoms with E-state index in [4.69, 9.17) is 4.74 Å². The van der Waals surface area contributed by atoms with Crippen LogP contribution in [0.25, 0.3) is 0 Å². The third-order valence-corrected chi connectivity index (χ3v) is 4.04. The zero-order valence-electron chi connectivity index (χ0n) is 11.8. The monoisotopic (exact) mass is 272 g/mol. The summed E-state index contributed by atoms with van der Waals surface area (Å²) >= 11 is 0. The van der Waals surface area contributed by atoms with Crippen molar-refractivity contribution in [1.29, 1.82) is 5.26 Å². The van der Waals surface area contributed by atoms with E-state index in [0.29, 0.717) is 13.0 Å². The van der Waals surface area contributed by atoms with Crippen LogP contribution in [0.15, 0.2) is 30.3 Å². The SMILES string of the molecule is COC1(CNC(=O)C(C#N)Cc2ccccc2)CCC1. The Hall–Kier alpha value is -1.86. The molecule has 4 heteroatoms. The molecule has 4 nitrogen and oxygen atoms in total. The number of methoxy groups -OCH3 is 1. The van der Waals surface area contributed by atoms with Gasteiger partial charge in [0.1, 0.15) is 5.92 Å². The van der Waals surface area contributed by atoms with E-state index in [1.165, 1.54) is 0 Å². The third-order valence-electron chi connectivity index (χ3n) is 4.04. The summed E-state index contributed by atoms with van der Waals surface area (Å²) in [7, 11) is 1.68. The van der Waals surface area contributed by atoms with Crippen LogP contribution in [0.5, 0.6) is 0 Å². The highest BCUT2D eigenvalue weighted by molar-refractivity contribution is 5.81. The van der Waals surface area contributed by atoms with Gasteiger partial charge in [-0.1, -0.05) is 30.3 Å². The summed E-state index contributed by atoms with van der Waals surface area (Å²) in [4.78, 5) is 12.1. The van der Waals surface area contributed by atoms with Crippen molar-refractivity contribution in [2.24, 2.45) is 5.92 Å². The van der Waals surface area contributed by atoms with Crippen LogP contribution in [0.4, 0.5) is 0 Å². The smallest absolute Gasteiger partial charge is 0.237 e. The van der Waals surface area contributed by atoms with E-state index in [1.807, 2.05) is 30.3 Å². The van der Waals surface area contributed by atoms with Gasteiger partial charge < -0.3 is 10.1 Å². The number of nitriles is 1. The second-order valence-electron chi connectivity index (χ2n) is 5.33. The molecule has 0 heterocycles. The van der Waals surface area contributed by atoms with Gasteiger partial charge in [0.15, 0.2) is 0 Å². The second kappa shape index (κ2) is 6.53. The molecule has 1 atom stereocenters. The zero-order valence-corrected chi connectivity index (χ0v) is 11.8. The summed E-state index contributed by atoms with van der Waals surface area (Å²) in [5.74, 6) is -0.855. The van der Waals surface area contributed by atoms with Crippen LogP contribution in [0.3, 0.4) is 0 Å². The van der Waals surface area contributed by atoms with Crippen LogP contribution in [0, 0.1) is 17.2 Å². The Kier molecular flexibility index (Phi) is 4.75. The summed E-state index contributed by atoms with van der Waals surface area (Å²) in [5, 5.41) is 12.0. The molecule has 1 saturated carbocycles. The van der Waals surface area contributed by atoms with Crippen LogP contribution < -0.4 is 5.32 Å². The van der Waals surface area contributed by atoms with Crippen LogP contribution in [-0.2, 0) is 16.0 Å². The lowest BCUT2D eigenvalue weighted by atomic mass is 9.80. The fraction of sp³-hybridized carbons (Fsp3) is 0.500. The molecule has 0 bridgehead atoms. The van der Waals surface area contributed by atoms with Gasteiger partial charge in [-0.25, -0.2) is 0 Å². The number of rotatable bonds is 6. The molecule has 1 aromatic carbocycles. The molecular weight excluding hydrogens is 252 g/mol. The van der Waals surface area contributed by atoms with E-state index in [0.717, 1.165) is 24.8 Å². The summed E-state index contributed by atoms with van der Waals surface area (Å²) in [5.41, 5.74) is 0.793. The Labute approximate surface area is 119 Å². The van der Waals surface area contributed by atoms with Crippen LogP contribution in [0.1, 0.15) is 24.8 Å². The molecule has 0 saturated heterocycles. The number of carbonyl (C=O) groups excluding carboxylic acids is 1. The minimum absolute atomic E-state index is 0.206. The molecule has 0 aromatic heterocycles. The Morgan fingerprint density at radius 3 is 2.65 bits per heavy atom. The Morgan fingerprint density at radius 2 is 2.15 bits per heavy atom. The van der Waals surface area contributed by atoms with Gasteiger partial charge in [0, 0.05) is 13.7 Å². The fourth-order valence-corrected chi connectivity index (χ4v) is 2.44. The van der Waals surface area contributed by atoms with Crippen LogP contribution in [-0.4, -0.2) is 25.2 Å². The van der Waals surface area contributed by atoms with Crippen molar-refractivity contribution >= 4 is 5.91 Å². The first-order valence-electron chi connectivity index (χ1n) is 6.95. The molecule has 1 N–H and O–H groups in total. The molecule has 0 aliphatic heterocycles. The van der Waals surface area contributed by atoms with Gasteiger partial charge in [0.2, 0.25) is 5.91 Å². The van der Waals surface area contributed by atoms with Crippen LogP contribution in [0.2, 0.25) is 0 Å². The van der Waals surface area contributed by atoms with Crippen molar-refractivity contribution in [2.45, 2.75) is 31.3 Å². The lowest BCUT2D eigenvalue weighted by Gasteiger charge is -2.40. The minimum Gasteiger partial charge on any atom is -0.376 e. The average molecular weight is 272 g/mol. The molecule has 0 radical (unpaired) electrons. The summed E-state index contributed by atoms with van der Waals surface area (Å²) < 4.78 is 5.46. The Morgan fingerprint density at radius 1 is 1.45 bits per heavy atom. The van der Waals surface area contributed by atoms with Crippen molar-refractivity contribution < 1.29 is 9.53 Å². The molecule has 1 aliphatic rings. The molecule has 1 fully saturated rings. The fourth-order valence-electron chi connectivity index (χ4n) is 2.44. The largest absolute Gasteiger partial charge is 0.376 e. The molecule has 20 heavy (non-hydrogen) atoms. The topological polar surface area (TPSA) is 62.1 Å². The molecular formula is C16H20N2O2. The van der Waals surface area contributed by atoms with Crippen molar-refractivity contribution in [3.05, 3.63) is 35.9 Å². The molecule has 1 aliphatic carbocycles. The first kappa shape index (κ1) is 14.5. The molecule has 1 unspecified atom stereocenters. The summed E-state index contributed by atoms with van der Waals surface area (Å²) in [6.45, 7) is 0.495. The van der Waals surface area contributed by atoms with E-state index < -0.39 is 5.92 Å². The number of nitrogens with one attached hydrogen (secondary N) is 1. The highest BCUT2D eigenvalue weighted by atomic mass is 16.5. The number of amides is 1. The number of nitrogens with zero attached hydrogens (tertiary/aromatic N) is 1. The molecule has 0 spiro atoms. The summed E-state index contributed by atoms with van der Waals surface area (Å²) in [6.07, 6.45) is 3.53. The Balaban J connectivity index is 1.88. The lowest BCUT2D eigenvalue weighted by Crippen LogP contribution is -2.50. The standard InChI is InChI=1S/C16H20N2O2/c1-20-16(8-5-9-16)12-18-15(19)14(11-17)10-13-6-3-2-4-7-13/h2-4,6-7,14H,5,8-10,12H2,1H3,(H,18,19). The molecule has 106 valence electrons. The van der Waals surface area contributed by atoms with Crippen molar-refractivity contribution in [1.82, 2.24) is 5.32 Å². The molecule has 1 aromatic rings. The number of hydrogen-bond acceptors (Lipinski definition) is 3. The molecule has 1 amide bonds. The first-order chi connectivity index (χ1) is 9.69. The third kappa shape index (κ3) is 3.37.